The van der Waals surface area contributed by atoms with Crippen molar-refractivity contribution in [1.29, 1.82) is 0 Å². The van der Waals surface area contributed by atoms with Gasteiger partial charge in [-0.1, -0.05) is 18.2 Å². The number of nitrogens with one attached hydrogen (secondary N) is 3. The van der Waals surface area contributed by atoms with E-state index in [9.17, 15) is 9.59 Å². The molecule has 0 atom stereocenters. The lowest BCUT2D eigenvalue weighted by molar-refractivity contribution is -0.906. The van der Waals surface area contributed by atoms with Crippen molar-refractivity contribution in [1.82, 2.24) is 15.5 Å². The van der Waals surface area contributed by atoms with Crippen LogP contribution in [0.1, 0.15) is 10.5 Å². The number of carbonyl (C=O) groups is 1. The minimum Gasteiger partial charge on any atom is -0.370 e. The number of hydrogen-bond donors (Lipinski definition) is 3. The fourth-order valence-electron chi connectivity index (χ4n) is 2.63. The molecule has 1 amide bonds. The van der Waals surface area contributed by atoms with Gasteiger partial charge < -0.3 is 15.0 Å². The molecule has 1 fully saturated rings. The van der Waals surface area contributed by atoms with Gasteiger partial charge in [0.2, 0.25) is 0 Å². The molecule has 116 valence electrons. The van der Waals surface area contributed by atoms with Gasteiger partial charge in [-0.05, 0) is 6.07 Å². The molecule has 3 N–H and O–H groups in total. The van der Waals surface area contributed by atoms with Crippen LogP contribution in [0.4, 0.5) is 0 Å². The van der Waals surface area contributed by atoms with Gasteiger partial charge in [0.1, 0.15) is 13.1 Å². The van der Waals surface area contributed by atoms with E-state index in [4.69, 9.17) is 4.74 Å². The zero-order valence-electron chi connectivity index (χ0n) is 12.2. The second-order valence-corrected chi connectivity index (χ2v) is 5.32. The third-order valence-corrected chi connectivity index (χ3v) is 3.88. The van der Waals surface area contributed by atoms with Crippen molar-refractivity contribution < 1.29 is 14.4 Å². The Bertz CT molecular complexity index is 722. The Balaban J connectivity index is 1.67. The second kappa shape index (κ2) is 6.67. The van der Waals surface area contributed by atoms with E-state index in [1.807, 2.05) is 0 Å². The van der Waals surface area contributed by atoms with E-state index in [0.717, 1.165) is 32.8 Å². The van der Waals surface area contributed by atoms with E-state index in [1.165, 1.54) is 4.90 Å². The van der Waals surface area contributed by atoms with E-state index in [1.54, 1.807) is 24.3 Å². The number of amides is 1. The molecule has 22 heavy (non-hydrogen) atoms. The third-order valence-electron chi connectivity index (χ3n) is 3.88. The van der Waals surface area contributed by atoms with Crippen LogP contribution in [0, 0.1) is 0 Å². The Labute approximate surface area is 127 Å². The summed E-state index contributed by atoms with van der Waals surface area (Å²) in [5, 5.41) is 10.2. The molecule has 2 aromatic rings. The van der Waals surface area contributed by atoms with Gasteiger partial charge in [-0.25, -0.2) is 5.10 Å². The van der Waals surface area contributed by atoms with Crippen molar-refractivity contribution in [3.8, 4) is 0 Å². The molecule has 7 heteroatoms. The summed E-state index contributed by atoms with van der Waals surface area (Å²) in [5.74, 6) is -0.264. The molecule has 7 nitrogen and oxygen atoms in total. The number of nitrogens with zero attached hydrogens (tertiary/aromatic N) is 1. The number of aromatic amines is 1. The number of aromatic nitrogens is 2. The zero-order chi connectivity index (χ0) is 15.4. The third kappa shape index (κ3) is 3.15. The summed E-state index contributed by atoms with van der Waals surface area (Å²) in [6.45, 7) is 4.91. The monoisotopic (exact) mass is 303 g/mol. The van der Waals surface area contributed by atoms with Gasteiger partial charge in [0.05, 0.1) is 31.7 Å². The molecule has 0 unspecified atom stereocenters. The van der Waals surface area contributed by atoms with Crippen LogP contribution in [0.2, 0.25) is 0 Å². The average molecular weight is 303 g/mol. The fraction of sp³-hybridized carbons (Fsp3) is 0.400. The van der Waals surface area contributed by atoms with Crippen molar-refractivity contribution in [2.45, 2.75) is 0 Å². The molecular weight excluding hydrogens is 284 g/mol. The second-order valence-electron chi connectivity index (χ2n) is 5.32. The van der Waals surface area contributed by atoms with Crippen LogP contribution in [0.3, 0.4) is 0 Å². The summed E-state index contributed by atoms with van der Waals surface area (Å²) in [7, 11) is 0. The Morgan fingerprint density at radius 1 is 1.27 bits per heavy atom. The molecule has 1 saturated heterocycles. The summed E-state index contributed by atoms with van der Waals surface area (Å²) in [6, 6.07) is 6.98. The summed E-state index contributed by atoms with van der Waals surface area (Å²) in [4.78, 5) is 25.4. The van der Waals surface area contributed by atoms with Gasteiger partial charge in [-0.15, -0.1) is 0 Å². The lowest BCUT2D eigenvalue weighted by Gasteiger charge is -2.23. The number of morpholine rings is 1. The SMILES string of the molecule is O=C(NCC[NH+]1CCOCC1)c1n[nH]c(=O)c2ccccc12. The van der Waals surface area contributed by atoms with Gasteiger partial charge in [-0.3, -0.25) is 9.59 Å². The van der Waals surface area contributed by atoms with Gasteiger partial charge in [-0.2, -0.15) is 5.10 Å². The van der Waals surface area contributed by atoms with E-state index in [-0.39, 0.29) is 17.2 Å². The number of rotatable bonds is 4. The molecule has 0 spiro atoms. The maximum absolute atomic E-state index is 12.3. The smallest absolute Gasteiger partial charge is 0.272 e. The number of ether oxygens (including phenoxy) is 1. The normalized spacial score (nSPS) is 15.8. The highest BCUT2D eigenvalue weighted by atomic mass is 16.5. The molecule has 0 aliphatic carbocycles. The highest BCUT2D eigenvalue weighted by Crippen LogP contribution is 2.11. The van der Waals surface area contributed by atoms with Crippen LogP contribution >= 0.6 is 0 Å². The Kier molecular flexibility index (Phi) is 4.45. The predicted octanol–water partition coefficient (Wildman–Crippen LogP) is -1.43. The maximum Gasteiger partial charge on any atom is 0.272 e. The van der Waals surface area contributed by atoms with Gasteiger partial charge in [0.15, 0.2) is 5.69 Å². The molecule has 0 bridgehead atoms. The maximum atomic E-state index is 12.3. The van der Waals surface area contributed by atoms with Crippen LogP contribution in [-0.4, -0.2) is 55.5 Å². The Morgan fingerprint density at radius 3 is 2.77 bits per heavy atom. The van der Waals surface area contributed by atoms with E-state index in [2.05, 4.69) is 15.5 Å². The number of H-pyrrole nitrogens is 1. The van der Waals surface area contributed by atoms with Crippen LogP contribution in [-0.2, 0) is 4.74 Å². The lowest BCUT2D eigenvalue weighted by Crippen LogP contribution is -3.14. The number of carbonyl (C=O) groups excluding carboxylic acids is 1. The first kappa shape index (κ1) is 14.7. The van der Waals surface area contributed by atoms with E-state index >= 15 is 0 Å². The molecule has 1 aromatic heterocycles. The van der Waals surface area contributed by atoms with Gasteiger partial charge >= 0.3 is 0 Å². The van der Waals surface area contributed by atoms with Crippen molar-refractivity contribution in [3.05, 3.63) is 40.3 Å². The van der Waals surface area contributed by atoms with Crippen LogP contribution in [0.5, 0.6) is 0 Å². The quantitative estimate of drug-likeness (QED) is 0.646. The first-order chi connectivity index (χ1) is 10.8. The summed E-state index contributed by atoms with van der Waals surface area (Å²) in [6.07, 6.45) is 0. The zero-order valence-corrected chi connectivity index (χ0v) is 12.2. The largest absolute Gasteiger partial charge is 0.370 e. The standard InChI is InChI=1S/C15H18N4O3/c20-14-12-4-2-1-3-11(12)13(17-18-14)15(21)16-5-6-19-7-9-22-10-8-19/h1-4H,5-10H2,(H,16,21)(H,18,20)/p+1. The average Bonchev–Trinajstić information content (AvgIpc) is 2.56. The van der Waals surface area contributed by atoms with Crippen LogP contribution in [0.25, 0.3) is 10.8 Å². The van der Waals surface area contributed by atoms with E-state index < -0.39 is 0 Å². The van der Waals surface area contributed by atoms with Crippen molar-refractivity contribution >= 4 is 16.7 Å². The molecule has 0 radical (unpaired) electrons. The van der Waals surface area contributed by atoms with Gasteiger partial charge in [0.25, 0.3) is 11.5 Å². The Hall–Kier alpha value is -2.25. The molecule has 1 aliphatic heterocycles. The first-order valence-electron chi connectivity index (χ1n) is 7.42. The summed E-state index contributed by atoms with van der Waals surface area (Å²) >= 11 is 0. The topological polar surface area (TPSA) is 88.5 Å². The van der Waals surface area contributed by atoms with Crippen molar-refractivity contribution in [3.63, 3.8) is 0 Å². The van der Waals surface area contributed by atoms with E-state index in [0.29, 0.717) is 17.3 Å². The number of fused-ring (bicyclic) bond motifs is 1. The minimum absolute atomic E-state index is 0.257. The minimum atomic E-state index is -0.287. The van der Waals surface area contributed by atoms with Gasteiger partial charge in [0, 0.05) is 5.39 Å². The number of quaternary nitrogens is 1. The molecule has 2 heterocycles. The lowest BCUT2D eigenvalue weighted by atomic mass is 10.1. The summed E-state index contributed by atoms with van der Waals surface area (Å²) < 4.78 is 5.30. The summed E-state index contributed by atoms with van der Waals surface area (Å²) in [5.41, 5.74) is -0.0305. The predicted molar refractivity (Wildman–Crippen MR) is 81.1 cm³/mol. The molecule has 3 rings (SSSR count). The number of hydrogen-bond acceptors (Lipinski definition) is 4. The fourth-order valence-corrected chi connectivity index (χ4v) is 2.63. The Morgan fingerprint density at radius 2 is 2.00 bits per heavy atom. The van der Waals surface area contributed by atoms with Crippen molar-refractivity contribution in [2.24, 2.45) is 0 Å². The van der Waals surface area contributed by atoms with Crippen molar-refractivity contribution in [2.75, 3.05) is 39.4 Å². The highest BCUT2D eigenvalue weighted by Gasteiger charge is 2.16. The highest BCUT2D eigenvalue weighted by molar-refractivity contribution is 6.04. The van der Waals surface area contributed by atoms with Crippen LogP contribution in [0.15, 0.2) is 29.1 Å². The molecule has 0 saturated carbocycles. The first-order valence-corrected chi connectivity index (χ1v) is 7.42. The molecule has 1 aliphatic rings. The number of benzene rings is 1. The van der Waals surface area contributed by atoms with Crippen LogP contribution < -0.4 is 15.8 Å². The molecular formula is C15H19N4O3+. The molecule has 1 aromatic carbocycles.